The predicted octanol–water partition coefficient (Wildman–Crippen LogP) is 3.90. The van der Waals surface area contributed by atoms with Gasteiger partial charge in [0.1, 0.15) is 0 Å². The minimum atomic E-state index is -0.130. The smallest absolute Gasteiger partial charge is 0.183 e. The van der Waals surface area contributed by atoms with E-state index in [2.05, 4.69) is 31.6 Å². The first-order chi connectivity index (χ1) is 9.21. The molecule has 0 amide bonds. The van der Waals surface area contributed by atoms with Gasteiger partial charge in [0.25, 0.3) is 0 Å². The fourth-order valence-corrected chi connectivity index (χ4v) is 3.34. The summed E-state index contributed by atoms with van der Waals surface area (Å²) in [6.45, 7) is 0.181. The third kappa shape index (κ3) is 2.68. The lowest BCUT2D eigenvalue weighted by atomic mass is 9.77. The Morgan fingerprint density at radius 1 is 1.32 bits per heavy atom. The zero-order valence-corrected chi connectivity index (χ0v) is 12.8. The van der Waals surface area contributed by atoms with Crippen LogP contribution in [0.1, 0.15) is 19.3 Å². The van der Waals surface area contributed by atoms with Crippen molar-refractivity contribution in [1.29, 1.82) is 0 Å². The molecule has 1 saturated carbocycles. The van der Waals surface area contributed by atoms with Crippen LogP contribution in [0.3, 0.4) is 0 Å². The lowest BCUT2D eigenvalue weighted by Gasteiger charge is -2.40. The summed E-state index contributed by atoms with van der Waals surface area (Å²) in [6, 6.07) is 8.13. The Bertz CT molecular complexity index is 558. The molecule has 0 aliphatic heterocycles. The first kappa shape index (κ1) is 13.1. The normalized spacial score (nSPS) is 16.9. The maximum atomic E-state index is 9.46. The third-order valence-corrected chi connectivity index (χ3v) is 4.92. The molecule has 1 heterocycles. The highest BCUT2D eigenvalue weighted by molar-refractivity contribution is 9.10. The van der Waals surface area contributed by atoms with Crippen molar-refractivity contribution in [3.63, 3.8) is 0 Å². The van der Waals surface area contributed by atoms with Gasteiger partial charge in [0.05, 0.1) is 17.8 Å². The van der Waals surface area contributed by atoms with Crippen LogP contribution in [0.2, 0.25) is 0 Å². The molecule has 2 aromatic rings. The van der Waals surface area contributed by atoms with Crippen LogP contribution in [-0.2, 0) is 0 Å². The van der Waals surface area contributed by atoms with Crippen molar-refractivity contribution in [3.8, 4) is 11.3 Å². The molecule has 0 unspecified atom stereocenters. The van der Waals surface area contributed by atoms with Gasteiger partial charge in [-0.1, -0.05) is 28.1 Å². The van der Waals surface area contributed by atoms with Gasteiger partial charge in [-0.3, -0.25) is 0 Å². The highest BCUT2D eigenvalue weighted by atomic mass is 79.9. The van der Waals surface area contributed by atoms with Gasteiger partial charge in [0, 0.05) is 15.4 Å². The number of halogens is 1. The zero-order chi connectivity index (χ0) is 13.3. The molecule has 0 radical (unpaired) electrons. The van der Waals surface area contributed by atoms with Crippen molar-refractivity contribution in [2.24, 2.45) is 0 Å². The number of thiazole rings is 1. The molecule has 0 spiro atoms. The molecule has 0 atom stereocenters. The molecule has 5 heteroatoms. The van der Waals surface area contributed by atoms with Crippen LogP contribution in [0.15, 0.2) is 34.1 Å². The fraction of sp³-hybridized carbons (Fsp3) is 0.357. The van der Waals surface area contributed by atoms with Crippen LogP contribution in [0.25, 0.3) is 11.3 Å². The lowest BCUT2D eigenvalue weighted by Crippen LogP contribution is -2.48. The first-order valence-electron chi connectivity index (χ1n) is 6.31. The average Bonchev–Trinajstić information content (AvgIpc) is 2.83. The van der Waals surface area contributed by atoms with Crippen LogP contribution in [0.5, 0.6) is 0 Å². The Morgan fingerprint density at radius 2 is 2.05 bits per heavy atom. The number of benzene rings is 1. The Labute approximate surface area is 124 Å². The van der Waals surface area contributed by atoms with Crippen LogP contribution < -0.4 is 5.32 Å². The molecule has 2 N–H and O–H groups in total. The zero-order valence-electron chi connectivity index (χ0n) is 10.4. The number of aliphatic hydroxyl groups excluding tert-OH is 1. The number of hydrogen-bond acceptors (Lipinski definition) is 4. The first-order valence-corrected chi connectivity index (χ1v) is 7.99. The molecule has 1 aliphatic rings. The summed E-state index contributed by atoms with van der Waals surface area (Å²) in [5.41, 5.74) is 1.96. The summed E-state index contributed by atoms with van der Waals surface area (Å²) < 4.78 is 1.07. The van der Waals surface area contributed by atoms with E-state index in [0.717, 1.165) is 33.7 Å². The number of hydrogen-bond donors (Lipinski definition) is 2. The number of anilines is 1. The largest absolute Gasteiger partial charge is 0.394 e. The van der Waals surface area contributed by atoms with Crippen molar-refractivity contribution in [3.05, 3.63) is 34.1 Å². The quantitative estimate of drug-likeness (QED) is 0.888. The highest BCUT2D eigenvalue weighted by Gasteiger charge is 2.36. The Morgan fingerprint density at radius 3 is 2.63 bits per heavy atom. The molecule has 1 aromatic heterocycles. The second-order valence-corrected chi connectivity index (χ2v) is 6.74. The molecule has 1 aliphatic carbocycles. The fourth-order valence-electron chi connectivity index (χ4n) is 2.24. The molecule has 19 heavy (non-hydrogen) atoms. The summed E-state index contributed by atoms with van der Waals surface area (Å²) >= 11 is 5.03. The van der Waals surface area contributed by atoms with Crippen LogP contribution in [0, 0.1) is 0 Å². The number of nitrogens with zero attached hydrogens (tertiary/aromatic N) is 1. The summed E-state index contributed by atoms with van der Waals surface area (Å²) in [4.78, 5) is 4.61. The highest BCUT2D eigenvalue weighted by Crippen LogP contribution is 2.36. The third-order valence-electron chi connectivity index (χ3n) is 3.63. The van der Waals surface area contributed by atoms with E-state index in [4.69, 9.17) is 0 Å². The second-order valence-electron chi connectivity index (χ2n) is 4.96. The molecule has 100 valence electrons. The van der Waals surface area contributed by atoms with Crippen molar-refractivity contribution >= 4 is 32.4 Å². The van der Waals surface area contributed by atoms with E-state index < -0.39 is 0 Å². The van der Waals surface area contributed by atoms with Gasteiger partial charge in [0.15, 0.2) is 5.13 Å². The van der Waals surface area contributed by atoms with Gasteiger partial charge in [-0.15, -0.1) is 11.3 Å². The Hall–Kier alpha value is -0.910. The molecule has 0 saturated heterocycles. The summed E-state index contributed by atoms with van der Waals surface area (Å²) in [7, 11) is 0. The van der Waals surface area contributed by atoms with Gasteiger partial charge >= 0.3 is 0 Å². The van der Waals surface area contributed by atoms with Gasteiger partial charge in [-0.2, -0.15) is 0 Å². The SMILES string of the molecule is OCC1(Nc2nc(-c3ccc(Br)cc3)cs2)CCC1. The number of aliphatic hydroxyl groups is 1. The molecular formula is C14H15BrN2OS. The van der Waals surface area contributed by atoms with E-state index in [1.165, 1.54) is 6.42 Å². The van der Waals surface area contributed by atoms with Crippen molar-refractivity contribution in [2.45, 2.75) is 24.8 Å². The number of aromatic nitrogens is 1. The summed E-state index contributed by atoms with van der Waals surface area (Å²) in [5, 5.41) is 15.8. The van der Waals surface area contributed by atoms with Crippen LogP contribution >= 0.6 is 27.3 Å². The standard InChI is InChI=1S/C14H15BrN2OS/c15-11-4-2-10(3-5-11)12-8-19-13(16-12)17-14(9-18)6-1-7-14/h2-5,8,18H,1,6-7,9H2,(H,16,17). The van der Waals surface area contributed by atoms with E-state index in [0.29, 0.717) is 0 Å². The molecule has 3 nitrogen and oxygen atoms in total. The number of rotatable bonds is 4. The van der Waals surface area contributed by atoms with Crippen molar-refractivity contribution in [1.82, 2.24) is 4.98 Å². The Kier molecular flexibility index (Phi) is 3.60. The molecule has 3 rings (SSSR count). The van der Waals surface area contributed by atoms with E-state index in [9.17, 15) is 5.11 Å². The summed E-state index contributed by atoms with van der Waals surface area (Å²) in [5.74, 6) is 0. The Balaban J connectivity index is 1.77. The molecular weight excluding hydrogens is 324 g/mol. The van der Waals surface area contributed by atoms with Gasteiger partial charge in [-0.05, 0) is 31.4 Å². The lowest BCUT2D eigenvalue weighted by molar-refractivity contribution is 0.144. The molecule has 0 bridgehead atoms. The number of nitrogens with one attached hydrogen (secondary N) is 1. The molecule has 1 aromatic carbocycles. The summed E-state index contributed by atoms with van der Waals surface area (Å²) in [6.07, 6.45) is 3.23. The monoisotopic (exact) mass is 338 g/mol. The molecule has 1 fully saturated rings. The van der Waals surface area contributed by atoms with Crippen LogP contribution in [-0.4, -0.2) is 22.2 Å². The van der Waals surface area contributed by atoms with Crippen molar-refractivity contribution in [2.75, 3.05) is 11.9 Å². The average molecular weight is 339 g/mol. The van der Waals surface area contributed by atoms with Crippen molar-refractivity contribution < 1.29 is 5.11 Å². The van der Waals surface area contributed by atoms with E-state index in [1.54, 1.807) is 11.3 Å². The topological polar surface area (TPSA) is 45.1 Å². The minimum Gasteiger partial charge on any atom is -0.394 e. The van der Waals surface area contributed by atoms with Gasteiger partial charge in [0.2, 0.25) is 0 Å². The van der Waals surface area contributed by atoms with E-state index >= 15 is 0 Å². The van der Waals surface area contributed by atoms with E-state index in [-0.39, 0.29) is 12.1 Å². The van der Waals surface area contributed by atoms with Gasteiger partial charge < -0.3 is 10.4 Å². The van der Waals surface area contributed by atoms with Gasteiger partial charge in [-0.25, -0.2) is 4.98 Å². The maximum absolute atomic E-state index is 9.46. The predicted molar refractivity (Wildman–Crippen MR) is 82.5 cm³/mol. The second kappa shape index (κ2) is 5.23. The van der Waals surface area contributed by atoms with Crippen LogP contribution in [0.4, 0.5) is 5.13 Å². The maximum Gasteiger partial charge on any atom is 0.183 e. The minimum absolute atomic E-state index is 0.130. The van der Waals surface area contributed by atoms with E-state index in [1.807, 2.05) is 24.3 Å².